The highest BCUT2D eigenvalue weighted by molar-refractivity contribution is 7.99. The lowest BCUT2D eigenvalue weighted by Crippen LogP contribution is -2.52. The smallest absolute Gasteiger partial charge is 0.0212 e. The molecule has 2 rings (SSSR count). The molecule has 15 heavy (non-hydrogen) atoms. The average molecular weight is 228 g/mol. The second-order valence-electron chi connectivity index (χ2n) is 4.91. The van der Waals surface area contributed by atoms with Gasteiger partial charge in [0.2, 0.25) is 0 Å². The summed E-state index contributed by atoms with van der Waals surface area (Å²) in [4.78, 5) is 2.74. The van der Waals surface area contributed by atoms with Crippen molar-refractivity contribution in [3.63, 3.8) is 0 Å². The Labute approximate surface area is 98.2 Å². The number of hydrogen-bond acceptors (Lipinski definition) is 3. The normalized spacial score (nSPS) is 39.2. The zero-order valence-electron chi connectivity index (χ0n) is 10.0. The summed E-state index contributed by atoms with van der Waals surface area (Å²) in [6, 6.07) is 1.58. The fraction of sp³-hybridized carbons (Fsp3) is 1.00. The lowest BCUT2D eigenvalue weighted by atomic mass is 9.99. The summed E-state index contributed by atoms with van der Waals surface area (Å²) in [5.74, 6) is 1.38. The van der Waals surface area contributed by atoms with Crippen molar-refractivity contribution in [1.82, 2.24) is 10.2 Å². The Kier molecular flexibility index (Phi) is 4.35. The van der Waals surface area contributed by atoms with Gasteiger partial charge in [-0.2, -0.15) is 11.8 Å². The number of hydrogen-bond donors (Lipinski definition) is 1. The summed E-state index contributed by atoms with van der Waals surface area (Å²) in [7, 11) is 2.10. The second kappa shape index (κ2) is 5.55. The molecule has 2 aliphatic heterocycles. The molecule has 0 aliphatic carbocycles. The molecule has 88 valence electrons. The Hall–Kier alpha value is 0.270. The maximum absolute atomic E-state index is 3.44. The Bertz CT molecular complexity index is 198. The number of thioether (sulfide) groups is 1. The van der Waals surface area contributed by atoms with E-state index < -0.39 is 0 Å². The van der Waals surface area contributed by atoms with Crippen LogP contribution in [-0.4, -0.2) is 48.1 Å². The van der Waals surface area contributed by atoms with Crippen molar-refractivity contribution in [2.75, 3.05) is 25.9 Å². The van der Waals surface area contributed by atoms with Crippen LogP contribution in [0.1, 0.15) is 32.6 Å². The van der Waals surface area contributed by atoms with Crippen LogP contribution in [0.3, 0.4) is 0 Å². The number of piperidine rings is 1. The molecule has 0 aromatic carbocycles. The number of nitrogens with one attached hydrogen (secondary N) is 1. The van der Waals surface area contributed by atoms with E-state index >= 15 is 0 Å². The largest absolute Gasteiger partial charge is 0.316 e. The first-order valence-electron chi connectivity index (χ1n) is 6.34. The van der Waals surface area contributed by atoms with Crippen LogP contribution in [0.2, 0.25) is 0 Å². The number of nitrogens with zero attached hydrogens (tertiary/aromatic N) is 1. The van der Waals surface area contributed by atoms with Crippen LogP contribution in [0, 0.1) is 0 Å². The molecule has 2 nitrogen and oxygen atoms in total. The van der Waals surface area contributed by atoms with E-state index in [9.17, 15) is 0 Å². The van der Waals surface area contributed by atoms with Crippen molar-refractivity contribution in [2.45, 2.75) is 49.9 Å². The summed E-state index contributed by atoms with van der Waals surface area (Å²) < 4.78 is 0. The van der Waals surface area contributed by atoms with Crippen LogP contribution < -0.4 is 5.32 Å². The fourth-order valence-corrected chi connectivity index (χ4v) is 4.17. The minimum Gasteiger partial charge on any atom is -0.316 e. The van der Waals surface area contributed by atoms with Gasteiger partial charge >= 0.3 is 0 Å². The molecule has 0 aromatic heterocycles. The van der Waals surface area contributed by atoms with Gasteiger partial charge in [-0.15, -0.1) is 0 Å². The van der Waals surface area contributed by atoms with Gasteiger partial charge in [-0.3, -0.25) is 4.90 Å². The van der Waals surface area contributed by atoms with Crippen LogP contribution in [-0.2, 0) is 0 Å². The molecular weight excluding hydrogens is 204 g/mol. The summed E-state index contributed by atoms with van der Waals surface area (Å²) in [6.45, 7) is 5.01. The van der Waals surface area contributed by atoms with Gasteiger partial charge in [0, 0.05) is 23.9 Å². The van der Waals surface area contributed by atoms with Crippen molar-refractivity contribution >= 4 is 11.8 Å². The van der Waals surface area contributed by atoms with E-state index in [1.165, 1.54) is 44.5 Å². The molecule has 0 bridgehead atoms. The van der Waals surface area contributed by atoms with Crippen LogP contribution in [0.25, 0.3) is 0 Å². The lowest BCUT2D eigenvalue weighted by Gasteiger charge is -2.42. The molecule has 2 fully saturated rings. The van der Waals surface area contributed by atoms with E-state index in [4.69, 9.17) is 0 Å². The molecule has 1 N–H and O–H groups in total. The van der Waals surface area contributed by atoms with Crippen molar-refractivity contribution < 1.29 is 0 Å². The first-order valence-corrected chi connectivity index (χ1v) is 7.39. The molecule has 0 saturated carbocycles. The minimum absolute atomic E-state index is 0.734. The summed E-state index contributed by atoms with van der Waals surface area (Å²) >= 11 is 2.17. The molecule has 0 amide bonds. The van der Waals surface area contributed by atoms with Gasteiger partial charge in [0.05, 0.1) is 0 Å². The van der Waals surface area contributed by atoms with E-state index in [2.05, 4.69) is 35.9 Å². The van der Waals surface area contributed by atoms with Crippen LogP contribution in [0.4, 0.5) is 0 Å². The van der Waals surface area contributed by atoms with Crippen LogP contribution >= 0.6 is 11.8 Å². The SMILES string of the molecule is CNC1CCCN(C2CCCSC2C)C1. The van der Waals surface area contributed by atoms with E-state index in [0.717, 1.165) is 17.3 Å². The van der Waals surface area contributed by atoms with Gasteiger partial charge in [0.25, 0.3) is 0 Å². The van der Waals surface area contributed by atoms with Crippen molar-refractivity contribution in [2.24, 2.45) is 0 Å². The standard InChI is InChI=1S/C12H24N2S/c1-10-12(6-4-8-15-10)14-7-3-5-11(9-14)13-2/h10-13H,3-9H2,1-2H3. The Balaban J connectivity index is 1.90. The van der Waals surface area contributed by atoms with Crippen molar-refractivity contribution in [3.8, 4) is 0 Å². The second-order valence-corrected chi connectivity index (χ2v) is 6.39. The molecular formula is C12H24N2S. The highest BCUT2D eigenvalue weighted by Crippen LogP contribution is 2.30. The topological polar surface area (TPSA) is 15.3 Å². The maximum atomic E-state index is 3.44. The fourth-order valence-electron chi connectivity index (χ4n) is 2.93. The molecule has 3 unspecified atom stereocenters. The highest BCUT2D eigenvalue weighted by atomic mass is 32.2. The third kappa shape index (κ3) is 2.89. The lowest BCUT2D eigenvalue weighted by molar-refractivity contribution is 0.130. The van der Waals surface area contributed by atoms with Crippen LogP contribution in [0.5, 0.6) is 0 Å². The van der Waals surface area contributed by atoms with Gasteiger partial charge in [0.15, 0.2) is 0 Å². The minimum atomic E-state index is 0.734. The monoisotopic (exact) mass is 228 g/mol. The zero-order chi connectivity index (χ0) is 10.7. The molecule has 0 radical (unpaired) electrons. The van der Waals surface area contributed by atoms with Gasteiger partial charge in [-0.1, -0.05) is 6.92 Å². The number of likely N-dealkylation sites (N-methyl/N-ethyl adjacent to an activating group) is 1. The Morgan fingerprint density at radius 2 is 2.13 bits per heavy atom. The average Bonchev–Trinajstić information content (AvgIpc) is 2.30. The predicted molar refractivity (Wildman–Crippen MR) is 68.6 cm³/mol. The Morgan fingerprint density at radius 1 is 1.27 bits per heavy atom. The van der Waals surface area contributed by atoms with E-state index in [1.807, 2.05) is 0 Å². The van der Waals surface area contributed by atoms with Gasteiger partial charge < -0.3 is 5.32 Å². The third-order valence-electron chi connectivity index (χ3n) is 3.90. The maximum Gasteiger partial charge on any atom is 0.0212 e. The van der Waals surface area contributed by atoms with Crippen molar-refractivity contribution in [3.05, 3.63) is 0 Å². The first-order chi connectivity index (χ1) is 7.31. The summed E-state index contributed by atoms with van der Waals surface area (Å²) in [5, 5.41) is 4.28. The molecule has 0 aromatic rings. The van der Waals surface area contributed by atoms with Gasteiger partial charge in [0.1, 0.15) is 0 Å². The Morgan fingerprint density at radius 3 is 2.87 bits per heavy atom. The molecule has 2 saturated heterocycles. The summed E-state index contributed by atoms with van der Waals surface area (Å²) in [5.41, 5.74) is 0. The highest BCUT2D eigenvalue weighted by Gasteiger charge is 2.30. The predicted octanol–water partition coefficient (Wildman–Crippen LogP) is 1.95. The third-order valence-corrected chi connectivity index (χ3v) is 5.26. The van der Waals surface area contributed by atoms with Crippen molar-refractivity contribution in [1.29, 1.82) is 0 Å². The van der Waals surface area contributed by atoms with Gasteiger partial charge in [-0.05, 0) is 45.0 Å². The number of likely N-dealkylation sites (tertiary alicyclic amines) is 1. The van der Waals surface area contributed by atoms with Gasteiger partial charge in [-0.25, -0.2) is 0 Å². The first kappa shape index (κ1) is 11.7. The van der Waals surface area contributed by atoms with E-state index in [-0.39, 0.29) is 0 Å². The molecule has 2 aliphatic rings. The quantitative estimate of drug-likeness (QED) is 0.778. The molecule has 3 heteroatoms. The number of rotatable bonds is 2. The van der Waals surface area contributed by atoms with E-state index in [1.54, 1.807) is 0 Å². The molecule has 2 heterocycles. The van der Waals surface area contributed by atoms with E-state index in [0.29, 0.717) is 0 Å². The summed E-state index contributed by atoms with van der Waals surface area (Å²) in [6.07, 6.45) is 5.58. The molecule has 0 spiro atoms. The zero-order valence-corrected chi connectivity index (χ0v) is 10.9. The van der Waals surface area contributed by atoms with Crippen LogP contribution in [0.15, 0.2) is 0 Å². The molecule has 3 atom stereocenters.